The van der Waals surface area contributed by atoms with Gasteiger partial charge < -0.3 is 21.1 Å². The Morgan fingerprint density at radius 1 is 1.21 bits per heavy atom. The van der Waals surface area contributed by atoms with E-state index in [0.29, 0.717) is 18.6 Å². The molecular weight excluding hydrogens is 244 g/mol. The highest BCUT2D eigenvalue weighted by Crippen LogP contribution is 2.16. The van der Waals surface area contributed by atoms with E-state index in [0.717, 1.165) is 58.5 Å². The summed E-state index contributed by atoms with van der Waals surface area (Å²) in [7, 11) is 0. The van der Waals surface area contributed by atoms with E-state index in [2.05, 4.69) is 15.5 Å². The number of hydrogen-bond donors (Lipinski definition) is 3. The molecule has 2 amide bonds. The van der Waals surface area contributed by atoms with Crippen molar-refractivity contribution < 1.29 is 9.53 Å². The molecule has 2 fully saturated rings. The molecule has 0 aromatic rings. The average Bonchev–Trinajstić information content (AvgIpc) is 2.43. The molecule has 0 atom stereocenters. The number of hydrogen-bond acceptors (Lipinski definition) is 4. The van der Waals surface area contributed by atoms with Gasteiger partial charge in [0.1, 0.15) is 0 Å². The summed E-state index contributed by atoms with van der Waals surface area (Å²) in [6.07, 6.45) is 4.02. The molecule has 0 aromatic carbocycles. The normalized spacial score (nSPS) is 28.9. The van der Waals surface area contributed by atoms with Crippen molar-refractivity contribution in [2.75, 3.05) is 39.4 Å². The number of carbonyl (C=O) groups is 1. The van der Waals surface area contributed by atoms with Crippen molar-refractivity contribution in [2.24, 2.45) is 5.73 Å². The summed E-state index contributed by atoms with van der Waals surface area (Å²) in [5, 5.41) is 5.95. The monoisotopic (exact) mass is 270 g/mol. The summed E-state index contributed by atoms with van der Waals surface area (Å²) in [6.45, 7) is 5.11. The number of nitrogens with zero attached hydrogens (tertiary/aromatic N) is 1. The van der Waals surface area contributed by atoms with Gasteiger partial charge in [-0.2, -0.15) is 0 Å². The molecule has 0 spiro atoms. The van der Waals surface area contributed by atoms with Gasteiger partial charge in [0, 0.05) is 38.3 Å². The summed E-state index contributed by atoms with van der Waals surface area (Å²) in [5.74, 6) is 0. The molecule has 110 valence electrons. The van der Waals surface area contributed by atoms with E-state index in [1.165, 1.54) is 0 Å². The predicted octanol–water partition coefficient (Wildman–Crippen LogP) is -0.112. The SMILES string of the molecule is N[C@H]1CC[C@H](NC(=O)NCCN2CCOCC2)CC1. The van der Waals surface area contributed by atoms with E-state index >= 15 is 0 Å². The minimum Gasteiger partial charge on any atom is -0.379 e. The molecule has 2 aliphatic rings. The number of nitrogens with one attached hydrogen (secondary N) is 2. The molecule has 1 aliphatic heterocycles. The molecule has 6 heteroatoms. The van der Waals surface area contributed by atoms with Crippen molar-refractivity contribution in [2.45, 2.75) is 37.8 Å². The van der Waals surface area contributed by atoms with Crippen LogP contribution in [0.1, 0.15) is 25.7 Å². The third-order valence-electron chi connectivity index (χ3n) is 3.92. The maximum absolute atomic E-state index is 11.7. The molecule has 2 rings (SSSR count). The lowest BCUT2D eigenvalue weighted by atomic mass is 9.92. The van der Waals surface area contributed by atoms with Crippen molar-refractivity contribution >= 4 is 6.03 Å². The van der Waals surface area contributed by atoms with Crippen LogP contribution < -0.4 is 16.4 Å². The minimum atomic E-state index is -0.0475. The summed E-state index contributed by atoms with van der Waals surface area (Å²) in [5.41, 5.74) is 5.85. The van der Waals surface area contributed by atoms with Crippen LogP contribution in [0, 0.1) is 0 Å². The standard InChI is InChI=1S/C13H26N4O2/c14-11-1-3-12(4-2-11)16-13(18)15-5-6-17-7-9-19-10-8-17/h11-12H,1-10,14H2,(H2,15,16,18)/t11-,12-. The number of morpholine rings is 1. The van der Waals surface area contributed by atoms with Gasteiger partial charge in [0.05, 0.1) is 13.2 Å². The van der Waals surface area contributed by atoms with Crippen LogP contribution in [0.5, 0.6) is 0 Å². The lowest BCUT2D eigenvalue weighted by Gasteiger charge is -2.28. The number of ether oxygens (including phenoxy) is 1. The number of urea groups is 1. The molecular formula is C13H26N4O2. The van der Waals surface area contributed by atoms with Gasteiger partial charge in [-0.05, 0) is 25.7 Å². The van der Waals surface area contributed by atoms with E-state index in [9.17, 15) is 4.79 Å². The van der Waals surface area contributed by atoms with Crippen LogP contribution in [0.25, 0.3) is 0 Å². The summed E-state index contributed by atoms with van der Waals surface area (Å²) >= 11 is 0. The van der Waals surface area contributed by atoms with Crippen LogP contribution in [0.15, 0.2) is 0 Å². The molecule has 6 nitrogen and oxygen atoms in total. The Bertz CT molecular complexity index is 274. The van der Waals surface area contributed by atoms with Crippen LogP contribution in [0.3, 0.4) is 0 Å². The second kappa shape index (κ2) is 7.67. The van der Waals surface area contributed by atoms with Crippen molar-refractivity contribution in [3.8, 4) is 0 Å². The maximum Gasteiger partial charge on any atom is 0.315 e. The molecule has 1 saturated heterocycles. The fourth-order valence-electron chi connectivity index (χ4n) is 2.65. The highest BCUT2D eigenvalue weighted by Gasteiger charge is 2.19. The van der Waals surface area contributed by atoms with Gasteiger partial charge in [0.15, 0.2) is 0 Å². The van der Waals surface area contributed by atoms with Crippen molar-refractivity contribution in [1.82, 2.24) is 15.5 Å². The van der Waals surface area contributed by atoms with Gasteiger partial charge in [-0.1, -0.05) is 0 Å². The largest absolute Gasteiger partial charge is 0.379 e. The van der Waals surface area contributed by atoms with Gasteiger partial charge in [-0.25, -0.2) is 4.79 Å². The van der Waals surface area contributed by atoms with E-state index < -0.39 is 0 Å². The van der Waals surface area contributed by atoms with E-state index in [-0.39, 0.29) is 6.03 Å². The number of amides is 2. The first-order chi connectivity index (χ1) is 9.24. The molecule has 0 radical (unpaired) electrons. The Hall–Kier alpha value is -0.850. The van der Waals surface area contributed by atoms with E-state index in [1.807, 2.05) is 0 Å². The second-order valence-electron chi connectivity index (χ2n) is 5.47. The third kappa shape index (κ3) is 5.34. The molecule has 1 saturated carbocycles. The van der Waals surface area contributed by atoms with Crippen LogP contribution in [-0.4, -0.2) is 62.4 Å². The Morgan fingerprint density at radius 3 is 2.58 bits per heavy atom. The fraction of sp³-hybridized carbons (Fsp3) is 0.923. The first-order valence-corrected chi connectivity index (χ1v) is 7.34. The molecule has 4 N–H and O–H groups in total. The first kappa shape index (κ1) is 14.6. The molecule has 19 heavy (non-hydrogen) atoms. The second-order valence-corrected chi connectivity index (χ2v) is 5.47. The van der Waals surface area contributed by atoms with Crippen LogP contribution in [0.4, 0.5) is 4.79 Å². The topological polar surface area (TPSA) is 79.6 Å². The van der Waals surface area contributed by atoms with Gasteiger partial charge in [0.25, 0.3) is 0 Å². The Balaban J connectivity index is 1.54. The highest BCUT2D eigenvalue weighted by atomic mass is 16.5. The Labute approximate surface area is 115 Å². The average molecular weight is 270 g/mol. The van der Waals surface area contributed by atoms with Crippen LogP contribution >= 0.6 is 0 Å². The predicted molar refractivity (Wildman–Crippen MR) is 74.0 cm³/mol. The number of nitrogens with two attached hydrogens (primary N) is 1. The lowest BCUT2D eigenvalue weighted by Crippen LogP contribution is -2.47. The van der Waals surface area contributed by atoms with Crippen molar-refractivity contribution in [1.29, 1.82) is 0 Å². The third-order valence-corrected chi connectivity index (χ3v) is 3.92. The zero-order valence-electron chi connectivity index (χ0n) is 11.6. The van der Waals surface area contributed by atoms with Gasteiger partial charge in [0.2, 0.25) is 0 Å². The lowest BCUT2D eigenvalue weighted by molar-refractivity contribution is 0.0387. The first-order valence-electron chi connectivity index (χ1n) is 7.34. The number of rotatable bonds is 4. The minimum absolute atomic E-state index is 0.0475. The molecule has 1 heterocycles. The summed E-state index contributed by atoms with van der Waals surface area (Å²) < 4.78 is 5.28. The quantitative estimate of drug-likeness (QED) is 0.666. The Kier molecular flexibility index (Phi) is 5.88. The Morgan fingerprint density at radius 2 is 1.89 bits per heavy atom. The van der Waals surface area contributed by atoms with Crippen LogP contribution in [-0.2, 0) is 4.74 Å². The zero-order chi connectivity index (χ0) is 13.5. The zero-order valence-corrected chi connectivity index (χ0v) is 11.6. The van der Waals surface area contributed by atoms with Crippen molar-refractivity contribution in [3.63, 3.8) is 0 Å². The number of carbonyl (C=O) groups excluding carboxylic acids is 1. The summed E-state index contributed by atoms with van der Waals surface area (Å²) in [6, 6.07) is 0.569. The van der Waals surface area contributed by atoms with E-state index in [1.54, 1.807) is 0 Å². The molecule has 1 aliphatic carbocycles. The summed E-state index contributed by atoms with van der Waals surface area (Å²) in [4.78, 5) is 14.0. The van der Waals surface area contributed by atoms with Gasteiger partial charge in [-0.3, -0.25) is 4.90 Å². The van der Waals surface area contributed by atoms with E-state index in [4.69, 9.17) is 10.5 Å². The van der Waals surface area contributed by atoms with Gasteiger partial charge >= 0.3 is 6.03 Å². The smallest absolute Gasteiger partial charge is 0.315 e. The van der Waals surface area contributed by atoms with Gasteiger partial charge in [-0.15, -0.1) is 0 Å². The maximum atomic E-state index is 11.7. The highest BCUT2D eigenvalue weighted by molar-refractivity contribution is 5.74. The van der Waals surface area contributed by atoms with Crippen molar-refractivity contribution in [3.05, 3.63) is 0 Å². The van der Waals surface area contributed by atoms with Crippen LogP contribution in [0.2, 0.25) is 0 Å². The molecule has 0 aromatic heterocycles. The molecule has 0 bridgehead atoms. The molecule has 0 unspecified atom stereocenters. The fourth-order valence-corrected chi connectivity index (χ4v) is 2.65.